The Balaban J connectivity index is 2.09. The average molecular weight is 268 g/mol. The third-order valence-corrected chi connectivity index (χ3v) is 5.29. The fourth-order valence-electron chi connectivity index (χ4n) is 3.14. The first-order valence-electron chi connectivity index (χ1n) is 6.85. The maximum Gasteiger partial charge on any atom is 0.104 e. The third kappa shape index (κ3) is 2.60. The molecular weight excluding hydrogens is 244 g/mol. The van der Waals surface area contributed by atoms with Gasteiger partial charge in [-0.2, -0.15) is 0 Å². The van der Waals surface area contributed by atoms with E-state index in [1.165, 1.54) is 24.2 Å². The van der Waals surface area contributed by atoms with Crippen molar-refractivity contribution < 1.29 is 5.11 Å². The van der Waals surface area contributed by atoms with E-state index in [4.69, 9.17) is 5.73 Å². The lowest BCUT2D eigenvalue weighted by molar-refractivity contribution is -0.0169. The van der Waals surface area contributed by atoms with E-state index in [2.05, 4.69) is 18.8 Å². The molecule has 1 fully saturated rings. The summed E-state index contributed by atoms with van der Waals surface area (Å²) in [6.07, 6.45) is 3.89. The molecule has 1 aliphatic carbocycles. The molecule has 0 aromatic carbocycles. The molecule has 102 valence electrons. The van der Waals surface area contributed by atoms with Crippen molar-refractivity contribution in [1.29, 1.82) is 0 Å². The van der Waals surface area contributed by atoms with Gasteiger partial charge >= 0.3 is 0 Å². The van der Waals surface area contributed by atoms with Crippen molar-refractivity contribution in [3.8, 4) is 0 Å². The largest absolute Gasteiger partial charge is 0.386 e. The lowest BCUT2D eigenvalue weighted by atomic mass is 9.65. The molecule has 1 atom stereocenters. The van der Waals surface area contributed by atoms with Gasteiger partial charge in [-0.25, -0.2) is 4.98 Å². The Morgan fingerprint density at radius 2 is 2.17 bits per heavy atom. The molecule has 4 heteroatoms. The third-order valence-electron chi connectivity index (χ3n) is 4.69. The van der Waals surface area contributed by atoms with Gasteiger partial charge in [0.05, 0.1) is 11.2 Å². The second-order valence-corrected chi connectivity index (χ2v) is 6.68. The lowest BCUT2D eigenvalue weighted by Crippen LogP contribution is -2.41. The van der Waals surface area contributed by atoms with Gasteiger partial charge in [0.15, 0.2) is 0 Å². The fraction of sp³-hybridized carbons (Fsp3) is 0.786. The van der Waals surface area contributed by atoms with Gasteiger partial charge in [-0.05, 0) is 37.5 Å². The van der Waals surface area contributed by atoms with Crippen LogP contribution >= 0.6 is 11.3 Å². The Morgan fingerprint density at radius 3 is 2.61 bits per heavy atom. The molecule has 1 aliphatic rings. The quantitative estimate of drug-likeness (QED) is 0.882. The van der Waals surface area contributed by atoms with Crippen molar-refractivity contribution in [2.75, 3.05) is 6.54 Å². The van der Waals surface area contributed by atoms with Crippen LogP contribution in [0.15, 0.2) is 10.9 Å². The molecule has 1 aromatic rings. The number of nitrogens with zero attached hydrogens (tertiary/aromatic N) is 1. The molecule has 1 unspecified atom stereocenters. The molecule has 0 amide bonds. The minimum Gasteiger partial charge on any atom is -0.386 e. The molecule has 0 spiro atoms. The van der Waals surface area contributed by atoms with Gasteiger partial charge in [-0.15, -0.1) is 11.3 Å². The first kappa shape index (κ1) is 14.0. The van der Waals surface area contributed by atoms with Gasteiger partial charge in [0, 0.05) is 17.3 Å². The molecule has 3 N–H and O–H groups in total. The summed E-state index contributed by atoms with van der Waals surface area (Å²) in [4.78, 5) is 4.25. The number of nitrogens with two attached hydrogens (primary N) is 1. The summed E-state index contributed by atoms with van der Waals surface area (Å²) in [5.41, 5.74) is 8.41. The lowest BCUT2D eigenvalue weighted by Gasteiger charge is -2.43. The normalized spacial score (nSPS) is 30.6. The van der Waals surface area contributed by atoms with Crippen LogP contribution in [0.2, 0.25) is 0 Å². The van der Waals surface area contributed by atoms with E-state index in [-0.39, 0.29) is 5.41 Å². The summed E-state index contributed by atoms with van der Waals surface area (Å²) in [5.74, 6) is 1.52. The van der Waals surface area contributed by atoms with E-state index in [1.54, 1.807) is 5.51 Å². The first-order valence-corrected chi connectivity index (χ1v) is 7.79. The number of rotatable bonds is 4. The molecule has 2 rings (SSSR count). The number of hydrogen-bond donors (Lipinski definition) is 2. The summed E-state index contributed by atoms with van der Waals surface area (Å²) in [6.45, 7) is 5.13. The van der Waals surface area contributed by atoms with Crippen LogP contribution < -0.4 is 5.73 Å². The maximum absolute atomic E-state index is 10.6. The van der Waals surface area contributed by atoms with Crippen LogP contribution in [0.3, 0.4) is 0 Å². The van der Waals surface area contributed by atoms with E-state index < -0.39 is 6.10 Å². The number of aliphatic hydroxyl groups is 1. The average Bonchev–Trinajstić information content (AvgIpc) is 2.91. The van der Waals surface area contributed by atoms with E-state index in [0.717, 1.165) is 30.4 Å². The molecule has 0 saturated heterocycles. The van der Waals surface area contributed by atoms with E-state index in [1.807, 2.05) is 5.38 Å². The smallest absolute Gasteiger partial charge is 0.104 e. The van der Waals surface area contributed by atoms with Crippen molar-refractivity contribution in [2.45, 2.75) is 45.6 Å². The van der Waals surface area contributed by atoms with Crippen molar-refractivity contribution >= 4 is 11.3 Å². The van der Waals surface area contributed by atoms with E-state index in [0.29, 0.717) is 6.54 Å². The highest BCUT2D eigenvalue weighted by Crippen LogP contribution is 2.48. The summed E-state index contributed by atoms with van der Waals surface area (Å²) in [5, 5.41) is 12.5. The van der Waals surface area contributed by atoms with Crippen LogP contribution in [0, 0.1) is 17.3 Å². The topological polar surface area (TPSA) is 59.1 Å². The molecule has 1 saturated carbocycles. The van der Waals surface area contributed by atoms with Gasteiger partial charge in [-0.1, -0.05) is 13.8 Å². The van der Waals surface area contributed by atoms with Crippen molar-refractivity contribution in [1.82, 2.24) is 4.98 Å². The Bertz CT molecular complexity index is 356. The van der Waals surface area contributed by atoms with Gasteiger partial charge in [0.1, 0.15) is 6.10 Å². The predicted molar refractivity (Wildman–Crippen MR) is 75.4 cm³/mol. The molecule has 18 heavy (non-hydrogen) atoms. The molecule has 1 aromatic heterocycles. The summed E-state index contributed by atoms with van der Waals surface area (Å²) in [6, 6.07) is 0. The number of aliphatic hydroxyl groups excluding tert-OH is 1. The second kappa shape index (κ2) is 5.68. The molecule has 0 radical (unpaired) electrons. The molecule has 0 aliphatic heterocycles. The number of thiazole rings is 1. The van der Waals surface area contributed by atoms with E-state index in [9.17, 15) is 5.11 Å². The van der Waals surface area contributed by atoms with Crippen molar-refractivity contribution in [3.63, 3.8) is 0 Å². The highest BCUT2D eigenvalue weighted by molar-refractivity contribution is 7.07. The fourth-order valence-corrected chi connectivity index (χ4v) is 3.71. The van der Waals surface area contributed by atoms with Gasteiger partial charge in [0.2, 0.25) is 0 Å². The number of hydrogen-bond acceptors (Lipinski definition) is 4. The second-order valence-electron chi connectivity index (χ2n) is 5.96. The first-order chi connectivity index (χ1) is 8.59. The zero-order valence-electron chi connectivity index (χ0n) is 11.3. The molecule has 1 heterocycles. The summed E-state index contributed by atoms with van der Waals surface area (Å²) in [7, 11) is 0. The Hall–Kier alpha value is -0.450. The van der Waals surface area contributed by atoms with E-state index >= 15 is 0 Å². The van der Waals surface area contributed by atoms with Gasteiger partial charge in [-0.3, -0.25) is 0 Å². The van der Waals surface area contributed by atoms with Crippen LogP contribution in [0.5, 0.6) is 0 Å². The highest BCUT2D eigenvalue weighted by atomic mass is 32.1. The number of aromatic nitrogens is 1. The Morgan fingerprint density at radius 1 is 1.50 bits per heavy atom. The van der Waals surface area contributed by atoms with Crippen LogP contribution in [0.1, 0.15) is 51.3 Å². The Kier molecular flexibility index (Phi) is 4.41. The van der Waals surface area contributed by atoms with Crippen LogP contribution in [-0.4, -0.2) is 16.6 Å². The summed E-state index contributed by atoms with van der Waals surface area (Å²) < 4.78 is 0. The van der Waals surface area contributed by atoms with Crippen LogP contribution in [0.4, 0.5) is 0 Å². The maximum atomic E-state index is 10.6. The monoisotopic (exact) mass is 268 g/mol. The predicted octanol–water partition coefficient (Wildman–Crippen LogP) is 2.97. The zero-order chi connectivity index (χ0) is 13.2. The minimum atomic E-state index is -0.498. The molecule has 0 bridgehead atoms. The van der Waals surface area contributed by atoms with Gasteiger partial charge < -0.3 is 10.8 Å². The van der Waals surface area contributed by atoms with Crippen molar-refractivity contribution in [3.05, 3.63) is 16.6 Å². The summed E-state index contributed by atoms with van der Waals surface area (Å²) >= 11 is 1.53. The molecule has 3 nitrogen and oxygen atoms in total. The van der Waals surface area contributed by atoms with Gasteiger partial charge in [0.25, 0.3) is 0 Å². The molecular formula is C14H24N2OS. The minimum absolute atomic E-state index is 0.153. The SMILES string of the molecule is CC(C)C1CCC(CN)(C(O)c2cscn2)CC1. The van der Waals surface area contributed by atoms with Crippen LogP contribution in [-0.2, 0) is 0 Å². The standard InChI is InChI=1S/C14H24N2OS/c1-10(2)11-3-5-14(8-15,6-4-11)13(17)12-7-18-9-16-12/h7,9-11,13,17H,3-6,8,15H2,1-2H3. The Labute approximate surface area is 113 Å². The van der Waals surface area contributed by atoms with Crippen molar-refractivity contribution in [2.24, 2.45) is 23.0 Å². The van der Waals surface area contributed by atoms with Crippen LogP contribution in [0.25, 0.3) is 0 Å². The zero-order valence-corrected chi connectivity index (χ0v) is 12.1. The highest BCUT2D eigenvalue weighted by Gasteiger charge is 2.42.